The Morgan fingerprint density at radius 3 is 2.58 bits per heavy atom. The van der Waals surface area contributed by atoms with Gasteiger partial charge in [-0.2, -0.15) is 0 Å². The van der Waals surface area contributed by atoms with E-state index in [2.05, 4.69) is 6.92 Å². The third kappa shape index (κ3) is 3.17. The van der Waals surface area contributed by atoms with Gasteiger partial charge in [0.25, 0.3) is 5.69 Å². The Bertz CT molecular complexity index is 890. The third-order valence-corrected chi connectivity index (χ3v) is 7.63. The van der Waals surface area contributed by atoms with Crippen LogP contribution in [0.2, 0.25) is 0 Å². The summed E-state index contributed by atoms with van der Waals surface area (Å²) in [6, 6.07) is 5.33. The quantitative estimate of drug-likeness (QED) is 0.305. The van der Waals surface area contributed by atoms with Crippen molar-refractivity contribution in [2.45, 2.75) is 70.4 Å². The number of hydrogen-bond donors (Lipinski definition) is 0. The molecule has 168 valence electrons. The average molecular weight is 433 g/mol. The molecule has 1 saturated carbocycles. The lowest BCUT2D eigenvalue weighted by atomic mass is 9.58. The second-order valence-corrected chi connectivity index (χ2v) is 9.48. The van der Waals surface area contributed by atoms with E-state index in [0.29, 0.717) is 12.3 Å². The Morgan fingerprint density at radius 2 is 1.87 bits per heavy atom. The summed E-state index contributed by atoms with van der Waals surface area (Å²) in [5.41, 5.74) is -0.577. The molecule has 9 heteroatoms. The molecule has 2 bridgehead atoms. The van der Waals surface area contributed by atoms with Crippen LogP contribution in [0.4, 0.5) is 5.69 Å². The van der Waals surface area contributed by atoms with E-state index in [-0.39, 0.29) is 29.0 Å². The number of benzene rings is 1. The van der Waals surface area contributed by atoms with Gasteiger partial charge in [-0.25, -0.2) is 14.6 Å². The first-order valence-electron chi connectivity index (χ1n) is 10.9. The van der Waals surface area contributed by atoms with Crippen LogP contribution in [0.5, 0.6) is 0 Å². The fourth-order valence-corrected chi connectivity index (χ4v) is 5.90. The summed E-state index contributed by atoms with van der Waals surface area (Å²) in [4.78, 5) is 34.9. The summed E-state index contributed by atoms with van der Waals surface area (Å²) in [5, 5.41) is 10.8. The standard InChI is InChI=1S/C22H27NO8/c1-12-4-9-17-13(2)19(27-18(24)14-5-7-15(8-6-14)23(25)26)28-20-22(17)16(12)10-11-21(3,29-20)30-31-22/h5-8,12-13,16-17,19-20H,4,9-11H2,1-3H3/t12-,13-,16+,17+,19-,20-,21+,22-/m1/s1. The van der Waals surface area contributed by atoms with Gasteiger partial charge in [0.2, 0.25) is 12.1 Å². The van der Waals surface area contributed by atoms with Crippen LogP contribution >= 0.6 is 0 Å². The molecule has 0 N–H and O–H groups in total. The maximum Gasteiger partial charge on any atom is 0.340 e. The van der Waals surface area contributed by atoms with E-state index in [1.165, 1.54) is 24.3 Å². The van der Waals surface area contributed by atoms with Gasteiger partial charge >= 0.3 is 5.97 Å². The van der Waals surface area contributed by atoms with Crippen LogP contribution in [0.1, 0.15) is 56.8 Å². The van der Waals surface area contributed by atoms with E-state index in [1.807, 2.05) is 13.8 Å². The Balaban J connectivity index is 1.40. The normalized spacial score (nSPS) is 43.6. The summed E-state index contributed by atoms with van der Waals surface area (Å²) in [5.74, 6) is -0.903. The highest BCUT2D eigenvalue weighted by Crippen LogP contribution is 2.60. The van der Waals surface area contributed by atoms with Crippen LogP contribution in [0.15, 0.2) is 24.3 Å². The highest BCUT2D eigenvalue weighted by atomic mass is 17.3. The molecule has 6 rings (SSSR count). The molecule has 4 saturated heterocycles. The van der Waals surface area contributed by atoms with Crippen molar-refractivity contribution < 1.29 is 33.7 Å². The van der Waals surface area contributed by atoms with E-state index in [0.717, 1.165) is 19.3 Å². The number of ether oxygens (including phenoxy) is 3. The number of hydrogen-bond acceptors (Lipinski definition) is 8. The second kappa shape index (κ2) is 7.23. The number of rotatable bonds is 3. The number of non-ortho nitro benzene ring substituents is 1. The van der Waals surface area contributed by atoms with Crippen molar-refractivity contribution in [3.63, 3.8) is 0 Å². The molecule has 1 aromatic carbocycles. The Hall–Kier alpha value is -2.07. The van der Waals surface area contributed by atoms with Crippen molar-refractivity contribution in [3.8, 4) is 0 Å². The van der Waals surface area contributed by atoms with Crippen molar-refractivity contribution in [3.05, 3.63) is 39.9 Å². The number of esters is 1. The van der Waals surface area contributed by atoms with Gasteiger partial charge < -0.3 is 14.2 Å². The lowest BCUT2D eigenvalue weighted by molar-refractivity contribution is -0.576. The number of nitro benzene ring substituents is 1. The Morgan fingerprint density at radius 1 is 1.13 bits per heavy atom. The van der Waals surface area contributed by atoms with Gasteiger partial charge in [-0.3, -0.25) is 10.1 Å². The molecule has 1 aromatic rings. The van der Waals surface area contributed by atoms with Crippen LogP contribution < -0.4 is 0 Å². The van der Waals surface area contributed by atoms with E-state index < -0.39 is 34.9 Å². The highest BCUT2D eigenvalue weighted by molar-refractivity contribution is 5.89. The molecule has 5 aliphatic rings. The molecular weight excluding hydrogens is 406 g/mol. The summed E-state index contributed by atoms with van der Waals surface area (Å²) < 4.78 is 18.2. The summed E-state index contributed by atoms with van der Waals surface area (Å²) in [6.45, 7) is 6.08. The molecule has 5 fully saturated rings. The van der Waals surface area contributed by atoms with E-state index in [4.69, 9.17) is 24.0 Å². The zero-order valence-electron chi connectivity index (χ0n) is 17.8. The maximum absolute atomic E-state index is 12.7. The summed E-state index contributed by atoms with van der Waals surface area (Å²) >= 11 is 0. The topological polar surface area (TPSA) is 106 Å². The van der Waals surface area contributed by atoms with Crippen molar-refractivity contribution in [1.82, 2.24) is 0 Å². The van der Waals surface area contributed by atoms with Crippen molar-refractivity contribution in [1.29, 1.82) is 0 Å². The van der Waals surface area contributed by atoms with Crippen molar-refractivity contribution >= 4 is 11.7 Å². The van der Waals surface area contributed by atoms with Crippen LogP contribution in [0.3, 0.4) is 0 Å². The predicted molar refractivity (Wildman–Crippen MR) is 105 cm³/mol. The first kappa shape index (κ1) is 20.8. The zero-order chi connectivity index (χ0) is 22.0. The largest absolute Gasteiger partial charge is 0.432 e. The van der Waals surface area contributed by atoms with Crippen molar-refractivity contribution in [2.75, 3.05) is 0 Å². The fourth-order valence-electron chi connectivity index (χ4n) is 5.90. The molecule has 0 amide bonds. The summed E-state index contributed by atoms with van der Waals surface area (Å²) in [6.07, 6.45) is 2.07. The van der Waals surface area contributed by atoms with Crippen LogP contribution in [-0.2, 0) is 24.0 Å². The number of nitro groups is 1. The first-order valence-corrected chi connectivity index (χ1v) is 10.9. The molecular formula is C22H27NO8. The van der Waals surface area contributed by atoms with Gasteiger partial charge in [0.05, 0.1) is 10.5 Å². The van der Waals surface area contributed by atoms with Gasteiger partial charge in [-0.1, -0.05) is 13.8 Å². The van der Waals surface area contributed by atoms with Crippen LogP contribution in [-0.4, -0.2) is 34.9 Å². The first-order chi connectivity index (χ1) is 14.7. The second-order valence-electron chi connectivity index (χ2n) is 9.48. The molecule has 0 radical (unpaired) electrons. The molecule has 1 spiro atoms. The lowest BCUT2D eigenvalue weighted by Crippen LogP contribution is -2.70. The smallest absolute Gasteiger partial charge is 0.340 e. The fraction of sp³-hybridized carbons (Fsp3) is 0.682. The molecule has 0 aromatic heterocycles. The number of carbonyl (C=O) groups excluding carboxylic acids is 1. The number of nitrogens with zero attached hydrogens (tertiary/aromatic N) is 1. The summed E-state index contributed by atoms with van der Waals surface area (Å²) in [7, 11) is 0. The molecule has 1 aliphatic carbocycles. The van der Waals surface area contributed by atoms with Gasteiger partial charge in [0.15, 0.2) is 11.9 Å². The van der Waals surface area contributed by atoms with Gasteiger partial charge in [0, 0.05) is 30.4 Å². The van der Waals surface area contributed by atoms with Crippen LogP contribution in [0, 0.1) is 33.8 Å². The van der Waals surface area contributed by atoms with Gasteiger partial charge in [0.1, 0.15) is 0 Å². The number of carbonyl (C=O) groups is 1. The minimum atomic E-state index is -0.898. The minimum Gasteiger partial charge on any atom is -0.432 e. The Labute approximate surface area is 180 Å². The molecule has 31 heavy (non-hydrogen) atoms. The maximum atomic E-state index is 12.7. The zero-order valence-corrected chi connectivity index (χ0v) is 17.8. The average Bonchev–Trinajstić information content (AvgIpc) is 2.98. The molecule has 4 heterocycles. The molecule has 0 unspecified atom stereocenters. The SMILES string of the molecule is C[C@H]1[C@H](OC(=O)c2ccc([N+](=O)[O-])cc2)O[C@@H]2O[C@]3(C)CC[C@H]4[C@H](C)CC[C@@H]1[C@@]24OO3. The predicted octanol–water partition coefficient (Wildman–Crippen LogP) is 3.96. The Kier molecular flexibility index (Phi) is 4.85. The third-order valence-electron chi connectivity index (χ3n) is 7.63. The minimum absolute atomic E-state index is 0.0461. The number of fused-ring (bicyclic) bond motifs is 2. The van der Waals surface area contributed by atoms with Gasteiger partial charge in [-0.05, 0) is 50.2 Å². The molecule has 9 nitrogen and oxygen atoms in total. The lowest BCUT2D eigenvalue weighted by Gasteiger charge is -2.59. The highest BCUT2D eigenvalue weighted by Gasteiger charge is 2.69. The van der Waals surface area contributed by atoms with Crippen LogP contribution in [0.25, 0.3) is 0 Å². The monoisotopic (exact) mass is 433 g/mol. The van der Waals surface area contributed by atoms with Crippen molar-refractivity contribution in [2.24, 2.45) is 23.7 Å². The van der Waals surface area contributed by atoms with E-state index in [1.54, 1.807) is 0 Å². The molecule has 4 aliphatic heterocycles. The van der Waals surface area contributed by atoms with E-state index in [9.17, 15) is 14.9 Å². The van der Waals surface area contributed by atoms with E-state index >= 15 is 0 Å². The molecule has 8 atom stereocenters. The van der Waals surface area contributed by atoms with Gasteiger partial charge in [-0.15, -0.1) is 0 Å².